The summed E-state index contributed by atoms with van der Waals surface area (Å²) in [6, 6.07) is 0. The highest BCUT2D eigenvalue weighted by molar-refractivity contribution is 6.05. The van der Waals surface area contributed by atoms with Gasteiger partial charge in [0.1, 0.15) is 0 Å². The lowest BCUT2D eigenvalue weighted by Gasteiger charge is -2.38. The number of fused-ring (bicyclic) bond motifs is 1. The van der Waals surface area contributed by atoms with Gasteiger partial charge in [0.25, 0.3) is 0 Å². The first-order valence-electron chi connectivity index (χ1n) is 6.33. The number of hydrogen-bond donors (Lipinski definition) is 1. The van der Waals surface area contributed by atoms with Crippen LogP contribution in [0.5, 0.6) is 0 Å². The normalized spacial score (nSPS) is 34.8. The smallest absolute Gasteiger partial charge is 0.233 e. The molecule has 4 heteroatoms. The molecule has 0 bridgehead atoms. The Morgan fingerprint density at radius 2 is 1.71 bits per heavy atom. The van der Waals surface area contributed by atoms with Crippen LogP contribution in [-0.2, 0) is 9.59 Å². The van der Waals surface area contributed by atoms with Crippen LogP contribution in [0.2, 0.25) is 0 Å². The van der Waals surface area contributed by atoms with Crippen molar-refractivity contribution in [1.29, 1.82) is 0 Å². The third-order valence-electron chi connectivity index (χ3n) is 4.34. The molecule has 2 atom stereocenters. The minimum Gasteiger partial charge on any atom is -0.388 e. The van der Waals surface area contributed by atoms with Gasteiger partial charge in [-0.1, -0.05) is 12.2 Å². The van der Waals surface area contributed by atoms with E-state index < -0.39 is 5.60 Å². The maximum atomic E-state index is 12.1. The van der Waals surface area contributed by atoms with E-state index in [4.69, 9.17) is 0 Å². The average Bonchev–Trinajstić information content (AvgIpc) is 2.53. The first-order valence-corrected chi connectivity index (χ1v) is 6.33. The minimum atomic E-state index is -0.799. The van der Waals surface area contributed by atoms with Crippen LogP contribution in [0, 0.1) is 11.8 Å². The molecule has 0 radical (unpaired) electrons. The first-order chi connectivity index (χ1) is 8.11. The van der Waals surface area contributed by atoms with Crippen molar-refractivity contribution in [2.75, 3.05) is 6.54 Å². The van der Waals surface area contributed by atoms with Crippen molar-refractivity contribution in [2.24, 2.45) is 11.8 Å². The van der Waals surface area contributed by atoms with Crippen molar-refractivity contribution in [1.82, 2.24) is 4.90 Å². The SMILES string of the molecule is O=C1C2CC=CCC2C(=O)N1CC1(O)CCC1. The van der Waals surface area contributed by atoms with Gasteiger partial charge in [-0.3, -0.25) is 14.5 Å². The lowest BCUT2D eigenvalue weighted by molar-refractivity contribution is -0.147. The Kier molecular flexibility index (Phi) is 2.36. The van der Waals surface area contributed by atoms with Crippen molar-refractivity contribution >= 4 is 11.8 Å². The Labute approximate surface area is 100 Å². The van der Waals surface area contributed by atoms with E-state index in [-0.39, 0.29) is 30.2 Å². The quantitative estimate of drug-likeness (QED) is 0.570. The third kappa shape index (κ3) is 1.62. The molecule has 17 heavy (non-hydrogen) atoms. The molecule has 3 aliphatic rings. The molecule has 1 saturated carbocycles. The number of carbonyl (C=O) groups is 2. The van der Waals surface area contributed by atoms with Gasteiger partial charge in [-0.05, 0) is 32.1 Å². The molecule has 92 valence electrons. The van der Waals surface area contributed by atoms with Crippen LogP contribution in [0.3, 0.4) is 0 Å². The summed E-state index contributed by atoms with van der Waals surface area (Å²) in [6.45, 7) is 0.206. The number of likely N-dealkylation sites (tertiary alicyclic amines) is 1. The summed E-state index contributed by atoms with van der Waals surface area (Å²) < 4.78 is 0. The summed E-state index contributed by atoms with van der Waals surface area (Å²) in [6.07, 6.45) is 7.70. The van der Waals surface area contributed by atoms with E-state index in [2.05, 4.69) is 0 Å². The Morgan fingerprint density at radius 3 is 2.12 bits per heavy atom. The monoisotopic (exact) mass is 235 g/mol. The fraction of sp³-hybridized carbons (Fsp3) is 0.692. The molecule has 3 rings (SSSR count). The van der Waals surface area contributed by atoms with Crippen molar-refractivity contribution < 1.29 is 14.7 Å². The summed E-state index contributed by atoms with van der Waals surface area (Å²) in [5, 5.41) is 10.1. The molecular formula is C13H17NO3. The van der Waals surface area contributed by atoms with Gasteiger partial charge in [0.05, 0.1) is 24.0 Å². The van der Waals surface area contributed by atoms with Gasteiger partial charge in [-0.15, -0.1) is 0 Å². The second kappa shape index (κ2) is 3.67. The molecule has 0 aromatic rings. The lowest BCUT2D eigenvalue weighted by atomic mass is 9.80. The van der Waals surface area contributed by atoms with E-state index in [1.807, 2.05) is 12.2 Å². The van der Waals surface area contributed by atoms with Crippen LogP contribution in [0.25, 0.3) is 0 Å². The van der Waals surface area contributed by atoms with E-state index in [1.165, 1.54) is 4.90 Å². The predicted molar refractivity (Wildman–Crippen MR) is 60.9 cm³/mol. The molecule has 0 aromatic heterocycles. The van der Waals surface area contributed by atoms with Crippen molar-refractivity contribution in [2.45, 2.75) is 37.7 Å². The largest absolute Gasteiger partial charge is 0.388 e. The Morgan fingerprint density at radius 1 is 1.18 bits per heavy atom. The zero-order chi connectivity index (χ0) is 12.0. The first kappa shape index (κ1) is 11.0. The molecule has 1 aliphatic heterocycles. The Bertz CT molecular complexity index is 371. The number of aliphatic hydroxyl groups is 1. The van der Waals surface area contributed by atoms with Gasteiger partial charge < -0.3 is 5.11 Å². The summed E-state index contributed by atoms with van der Waals surface area (Å²) in [7, 11) is 0. The predicted octanol–water partition coefficient (Wildman–Crippen LogP) is 0.853. The van der Waals surface area contributed by atoms with Gasteiger partial charge in [0.2, 0.25) is 11.8 Å². The number of allylic oxidation sites excluding steroid dienone is 2. The number of hydrogen-bond acceptors (Lipinski definition) is 3. The highest BCUT2D eigenvalue weighted by Crippen LogP contribution is 2.39. The molecule has 0 aromatic carbocycles. The zero-order valence-corrected chi connectivity index (χ0v) is 9.76. The number of amides is 2. The fourth-order valence-corrected chi connectivity index (χ4v) is 3.06. The minimum absolute atomic E-state index is 0.0790. The maximum absolute atomic E-state index is 12.1. The highest BCUT2D eigenvalue weighted by atomic mass is 16.3. The van der Waals surface area contributed by atoms with Gasteiger partial charge in [0.15, 0.2) is 0 Å². The molecule has 1 heterocycles. The topological polar surface area (TPSA) is 57.6 Å². The summed E-state index contributed by atoms with van der Waals surface area (Å²) in [5.41, 5.74) is -0.799. The molecule has 2 aliphatic carbocycles. The van der Waals surface area contributed by atoms with Gasteiger partial charge >= 0.3 is 0 Å². The third-order valence-corrected chi connectivity index (χ3v) is 4.34. The van der Waals surface area contributed by atoms with Gasteiger partial charge in [-0.2, -0.15) is 0 Å². The maximum Gasteiger partial charge on any atom is 0.233 e. The number of β-amino-alcohol motifs (C(OH)–C–C–N with tert-alkyl or cyclic N) is 1. The molecule has 1 saturated heterocycles. The second-order valence-electron chi connectivity index (χ2n) is 5.50. The van der Waals surface area contributed by atoms with Crippen LogP contribution in [0.4, 0.5) is 0 Å². The van der Waals surface area contributed by atoms with E-state index >= 15 is 0 Å². The van der Waals surface area contributed by atoms with Crippen LogP contribution >= 0.6 is 0 Å². The number of imide groups is 1. The van der Waals surface area contributed by atoms with E-state index in [0.29, 0.717) is 25.7 Å². The Balaban J connectivity index is 1.78. The zero-order valence-electron chi connectivity index (χ0n) is 9.76. The molecular weight excluding hydrogens is 218 g/mol. The molecule has 1 N–H and O–H groups in total. The number of carbonyl (C=O) groups excluding carboxylic acids is 2. The molecule has 4 nitrogen and oxygen atoms in total. The second-order valence-corrected chi connectivity index (χ2v) is 5.50. The standard InChI is InChI=1S/C13H17NO3/c15-11-9-4-1-2-5-10(9)12(16)14(11)8-13(17)6-3-7-13/h1-2,9-10,17H,3-8H2. The van der Waals surface area contributed by atoms with Crippen LogP contribution in [0.1, 0.15) is 32.1 Å². The highest BCUT2D eigenvalue weighted by Gasteiger charge is 2.50. The van der Waals surface area contributed by atoms with Gasteiger partial charge in [-0.25, -0.2) is 0 Å². The van der Waals surface area contributed by atoms with Crippen LogP contribution < -0.4 is 0 Å². The Hall–Kier alpha value is -1.16. The molecule has 2 fully saturated rings. The van der Waals surface area contributed by atoms with E-state index in [1.54, 1.807) is 0 Å². The molecule has 2 unspecified atom stereocenters. The van der Waals surface area contributed by atoms with Crippen molar-refractivity contribution in [3.8, 4) is 0 Å². The molecule has 0 spiro atoms. The summed E-state index contributed by atoms with van der Waals surface area (Å²) >= 11 is 0. The van der Waals surface area contributed by atoms with Crippen LogP contribution in [0.15, 0.2) is 12.2 Å². The molecule has 2 amide bonds. The van der Waals surface area contributed by atoms with Gasteiger partial charge in [0, 0.05) is 0 Å². The fourth-order valence-electron chi connectivity index (χ4n) is 3.06. The van der Waals surface area contributed by atoms with Crippen molar-refractivity contribution in [3.63, 3.8) is 0 Å². The summed E-state index contributed by atoms with van der Waals surface area (Å²) in [5.74, 6) is -0.498. The lowest BCUT2D eigenvalue weighted by Crippen LogP contribution is -2.50. The number of nitrogens with zero attached hydrogens (tertiary/aromatic N) is 1. The van der Waals surface area contributed by atoms with Crippen LogP contribution in [-0.4, -0.2) is 34.0 Å². The van der Waals surface area contributed by atoms with Crippen molar-refractivity contribution in [3.05, 3.63) is 12.2 Å². The van der Waals surface area contributed by atoms with E-state index in [0.717, 1.165) is 6.42 Å². The summed E-state index contributed by atoms with van der Waals surface area (Å²) in [4.78, 5) is 25.6. The average molecular weight is 235 g/mol. The van der Waals surface area contributed by atoms with E-state index in [9.17, 15) is 14.7 Å². The number of rotatable bonds is 2.